The number of aromatic nitrogens is 2. The number of nitrogens with zero attached hydrogens (tertiary/aromatic N) is 3. The smallest absolute Gasteiger partial charge is 0.407 e. The van der Waals surface area contributed by atoms with Crippen LogP contribution in [0.5, 0.6) is 0 Å². The molecule has 166 valence electrons. The zero-order valence-corrected chi connectivity index (χ0v) is 20.2. The highest BCUT2D eigenvalue weighted by molar-refractivity contribution is 6.76. The van der Waals surface area contributed by atoms with Crippen molar-refractivity contribution in [2.75, 3.05) is 24.6 Å². The quantitative estimate of drug-likeness (QED) is 0.517. The molecule has 0 radical (unpaired) electrons. The molecule has 1 unspecified atom stereocenters. The number of fused-ring (bicyclic) bond motifs is 1. The monoisotopic (exact) mass is 432 g/mol. The standard InChI is InChI=1S/C22H36N4O3Si/c1-22(2,3)29-21(27)24-17-9-10-25(14-17)18-7-8-19-20(13-18)26(15-23-19)16-28-11-12-30(4,5)6/h7-8,13,15,17H,9-12,14,16H2,1-6H3,(H,24,27). The van der Waals surface area contributed by atoms with E-state index in [1.807, 2.05) is 27.1 Å². The Morgan fingerprint density at radius 2 is 2.07 bits per heavy atom. The van der Waals surface area contributed by atoms with Gasteiger partial charge in [-0.25, -0.2) is 9.78 Å². The molecule has 2 aromatic rings. The fourth-order valence-corrected chi connectivity index (χ4v) is 4.23. The Morgan fingerprint density at radius 3 is 2.77 bits per heavy atom. The Kier molecular flexibility index (Phi) is 6.77. The minimum absolute atomic E-state index is 0.0883. The Bertz CT molecular complexity index is 869. The summed E-state index contributed by atoms with van der Waals surface area (Å²) in [5.41, 5.74) is 2.70. The first-order valence-electron chi connectivity index (χ1n) is 10.8. The van der Waals surface area contributed by atoms with Crippen molar-refractivity contribution in [1.82, 2.24) is 14.9 Å². The molecule has 1 aromatic heterocycles. The van der Waals surface area contributed by atoms with Crippen molar-refractivity contribution in [2.24, 2.45) is 0 Å². The number of rotatable bonds is 7. The van der Waals surface area contributed by atoms with Gasteiger partial charge in [0.25, 0.3) is 0 Å². The fraction of sp³-hybridized carbons (Fsp3) is 0.636. The van der Waals surface area contributed by atoms with Gasteiger partial charge in [0.05, 0.1) is 23.4 Å². The molecule has 0 aliphatic carbocycles. The molecule has 1 aliphatic rings. The maximum Gasteiger partial charge on any atom is 0.407 e. The zero-order chi connectivity index (χ0) is 21.9. The second-order valence-electron chi connectivity index (χ2n) is 10.3. The van der Waals surface area contributed by atoms with E-state index < -0.39 is 13.7 Å². The van der Waals surface area contributed by atoms with E-state index in [2.05, 4.69) is 57.6 Å². The molecule has 1 N–H and O–H groups in total. The van der Waals surface area contributed by atoms with Crippen molar-refractivity contribution >= 4 is 30.9 Å². The largest absolute Gasteiger partial charge is 0.444 e. The van der Waals surface area contributed by atoms with Crippen LogP contribution in [-0.2, 0) is 16.2 Å². The first-order chi connectivity index (χ1) is 14.0. The topological polar surface area (TPSA) is 68.6 Å². The number of imidazole rings is 1. The third-order valence-corrected chi connectivity index (χ3v) is 6.81. The highest BCUT2D eigenvalue weighted by Gasteiger charge is 2.26. The summed E-state index contributed by atoms with van der Waals surface area (Å²) in [5.74, 6) is 0. The van der Waals surface area contributed by atoms with Crippen molar-refractivity contribution in [1.29, 1.82) is 0 Å². The van der Waals surface area contributed by atoms with Crippen LogP contribution in [0.25, 0.3) is 11.0 Å². The summed E-state index contributed by atoms with van der Waals surface area (Å²) >= 11 is 0. The number of carbonyl (C=O) groups excluding carboxylic acids is 1. The summed E-state index contributed by atoms with van der Waals surface area (Å²) in [7, 11) is -1.09. The van der Waals surface area contributed by atoms with Crippen LogP contribution in [0.15, 0.2) is 24.5 Å². The summed E-state index contributed by atoms with van der Waals surface area (Å²) in [6.45, 7) is 15.7. The van der Waals surface area contributed by atoms with Gasteiger partial charge >= 0.3 is 6.09 Å². The molecule has 3 rings (SSSR count). The number of alkyl carbamates (subject to hydrolysis) is 1. The Hall–Kier alpha value is -2.06. The molecule has 1 aromatic carbocycles. The van der Waals surface area contributed by atoms with Crippen LogP contribution >= 0.6 is 0 Å². The Labute approximate surface area is 180 Å². The van der Waals surface area contributed by atoms with Gasteiger partial charge in [0.15, 0.2) is 0 Å². The average Bonchev–Trinajstić information content (AvgIpc) is 3.22. The van der Waals surface area contributed by atoms with Crippen LogP contribution in [0.2, 0.25) is 25.7 Å². The molecule has 1 fully saturated rings. The predicted octanol–water partition coefficient (Wildman–Crippen LogP) is 4.45. The molecule has 0 saturated carbocycles. The Morgan fingerprint density at radius 1 is 1.30 bits per heavy atom. The highest BCUT2D eigenvalue weighted by atomic mass is 28.3. The van der Waals surface area contributed by atoms with Crippen LogP contribution in [0.3, 0.4) is 0 Å². The molecule has 0 bridgehead atoms. The van der Waals surface area contributed by atoms with E-state index in [1.165, 1.54) is 0 Å². The maximum atomic E-state index is 12.1. The van der Waals surface area contributed by atoms with E-state index in [1.54, 1.807) is 0 Å². The molecule has 8 heteroatoms. The van der Waals surface area contributed by atoms with Gasteiger partial charge < -0.3 is 24.3 Å². The molecule has 0 spiro atoms. The summed E-state index contributed by atoms with van der Waals surface area (Å²) in [4.78, 5) is 18.9. The number of nitrogens with one attached hydrogen (secondary N) is 1. The van der Waals surface area contributed by atoms with Gasteiger partial charge in [-0.1, -0.05) is 19.6 Å². The van der Waals surface area contributed by atoms with Gasteiger partial charge in [0, 0.05) is 33.5 Å². The predicted molar refractivity (Wildman–Crippen MR) is 124 cm³/mol. The van der Waals surface area contributed by atoms with E-state index in [0.717, 1.165) is 48.9 Å². The number of benzene rings is 1. The minimum atomic E-state index is -1.09. The van der Waals surface area contributed by atoms with Crippen molar-refractivity contribution in [3.8, 4) is 0 Å². The molecule has 1 atom stereocenters. The van der Waals surface area contributed by atoms with Gasteiger partial charge in [-0.2, -0.15) is 0 Å². The first kappa shape index (κ1) is 22.6. The second-order valence-corrected chi connectivity index (χ2v) is 15.9. The van der Waals surface area contributed by atoms with Gasteiger partial charge in [0.1, 0.15) is 12.3 Å². The molecule has 1 saturated heterocycles. The van der Waals surface area contributed by atoms with Gasteiger partial charge in [-0.05, 0) is 51.4 Å². The normalized spacial score (nSPS) is 17.5. The van der Waals surface area contributed by atoms with Crippen LogP contribution in [0.1, 0.15) is 27.2 Å². The summed E-state index contributed by atoms with van der Waals surface area (Å²) in [5, 5.41) is 2.99. The molecular weight excluding hydrogens is 396 g/mol. The summed E-state index contributed by atoms with van der Waals surface area (Å²) < 4.78 is 13.4. The SMILES string of the molecule is CC(C)(C)OC(=O)NC1CCN(c2ccc3ncn(COCC[Si](C)(C)C)c3c2)C1. The number of hydrogen-bond acceptors (Lipinski definition) is 5. The molecule has 30 heavy (non-hydrogen) atoms. The first-order valence-corrected chi connectivity index (χ1v) is 14.5. The number of anilines is 1. The molecule has 1 amide bonds. The molecular formula is C22H36N4O3Si. The fourth-order valence-electron chi connectivity index (χ4n) is 3.47. The van der Waals surface area contributed by atoms with E-state index in [-0.39, 0.29) is 12.1 Å². The lowest BCUT2D eigenvalue weighted by atomic mass is 10.2. The highest BCUT2D eigenvalue weighted by Crippen LogP contribution is 2.25. The zero-order valence-electron chi connectivity index (χ0n) is 19.2. The van der Waals surface area contributed by atoms with E-state index in [0.29, 0.717) is 6.73 Å². The van der Waals surface area contributed by atoms with Crippen LogP contribution in [-0.4, -0.2) is 55.1 Å². The average molecular weight is 433 g/mol. The number of amides is 1. The van der Waals surface area contributed by atoms with E-state index in [9.17, 15) is 4.79 Å². The van der Waals surface area contributed by atoms with Gasteiger partial charge in [-0.3, -0.25) is 0 Å². The lowest BCUT2D eigenvalue weighted by molar-refractivity contribution is 0.0509. The molecule has 2 heterocycles. The van der Waals surface area contributed by atoms with Crippen LogP contribution < -0.4 is 10.2 Å². The van der Waals surface area contributed by atoms with Crippen LogP contribution in [0.4, 0.5) is 10.5 Å². The second kappa shape index (κ2) is 8.97. The lowest BCUT2D eigenvalue weighted by Gasteiger charge is -2.22. The maximum absolute atomic E-state index is 12.1. The lowest BCUT2D eigenvalue weighted by Crippen LogP contribution is -2.40. The number of hydrogen-bond donors (Lipinski definition) is 1. The third kappa shape index (κ3) is 6.47. The van der Waals surface area contributed by atoms with Crippen molar-refractivity contribution in [3.63, 3.8) is 0 Å². The molecule has 7 nitrogen and oxygen atoms in total. The number of ether oxygens (including phenoxy) is 2. The third-order valence-electron chi connectivity index (χ3n) is 5.11. The Balaban J connectivity index is 1.59. The summed E-state index contributed by atoms with van der Waals surface area (Å²) in [6, 6.07) is 7.56. The number of carbonyl (C=O) groups is 1. The van der Waals surface area contributed by atoms with Crippen molar-refractivity contribution < 1.29 is 14.3 Å². The summed E-state index contributed by atoms with van der Waals surface area (Å²) in [6.07, 6.45) is 2.40. The van der Waals surface area contributed by atoms with Crippen LogP contribution in [0, 0.1) is 0 Å². The van der Waals surface area contributed by atoms with Gasteiger partial charge in [-0.15, -0.1) is 0 Å². The van der Waals surface area contributed by atoms with E-state index in [4.69, 9.17) is 9.47 Å². The van der Waals surface area contributed by atoms with Gasteiger partial charge in [0.2, 0.25) is 0 Å². The van der Waals surface area contributed by atoms with Crippen molar-refractivity contribution in [2.45, 2.75) is 71.3 Å². The minimum Gasteiger partial charge on any atom is -0.444 e. The molecule has 1 aliphatic heterocycles. The van der Waals surface area contributed by atoms with Crippen molar-refractivity contribution in [3.05, 3.63) is 24.5 Å². The van der Waals surface area contributed by atoms with E-state index >= 15 is 0 Å².